The van der Waals surface area contributed by atoms with Crippen LogP contribution in [0.1, 0.15) is 29.5 Å². The molecule has 212 valence electrons. The van der Waals surface area contributed by atoms with Crippen molar-refractivity contribution in [3.05, 3.63) is 108 Å². The number of rotatable bonds is 15. The molecule has 3 unspecified atom stereocenters. The van der Waals surface area contributed by atoms with Gasteiger partial charge in [0, 0.05) is 26.5 Å². The van der Waals surface area contributed by atoms with Crippen LogP contribution in [0.25, 0.3) is 0 Å². The van der Waals surface area contributed by atoms with Crippen LogP contribution < -0.4 is 5.73 Å². The van der Waals surface area contributed by atoms with Crippen molar-refractivity contribution in [2.75, 3.05) is 40.1 Å². The van der Waals surface area contributed by atoms with Crippen molar-refractivity contribution in [1.82, 2.24) is 0 Å². The molecule has 3 atom stereocenters. The third-order valence-electron chi connectivity index (χ3n) is 6.02. The van der Waals surface area contributed by atoms with Crippen LogP contribution in [0.4, 0.5) is 0 Å². The standard InChI is InChI=1S/C24H33NO5.C8H10O/c25-11-12-26-13-14-28-24-16-22(29-18-21-9-5-2-6-10-21)15-23(30-24)19-27-17-20-7-3-1-4-8-20;1-9-7-8-5-3-2-4-6-8/h1-10,22-24H,11-19,25H2;2-6H,7H2,1H3. The van der Waals surface area contributed by atoms with Crippen molar-refractivity contribution in [3.8, 4) is 0 Å². The summed E-state index contributed by atoms with van der Waals surface area (Å²) in [4.78, 5) is 0. The molecule has 1 heterocycles. The van der Waals surface area contributed by atoms with Gasteiger partial charge < -0.3 is 34.2 Å². The van der Waals surface area contributed by atoms with Crippen LogP contribution in [0.3, 0.4) is 0 Å². The van der Waals surface area contributed by atoms with Crippen molar-refractivity contribution in [3.63, 3.8) is 0 Å². The van der Waals surface area contributed by atoms with Gasteiger partial charge in [-0.25, -0.2) is 0 Å². The number of methoxy groups -OCH3 is 1. The Balaban J connectivity index is 0.000000395. The first kappa shape index (κ1) is 30.9. The first-order valence-corrected chi connectivity index (χ1v) is 13.6. The molecule has 0 spiro atoms. The molecular formula is C32H43NO6. The van der Waals surface area contributed by atoms with Crippen LogP contribution in [0.15, 0.2) is 91.0 Å². The highest BCUT2D eigenvalue weighted by Crippen LogP contribution is 2.24. The molecular weight excluding hydrogens is 494 g/mol. The number of hydrogen-bond acceptors (Lipinski definition) is 7. The summed E-state index contributed by atoms with van der Waals surface area (Å²) >= 11 is 0. The Labute approximate surface area is 233 Å². The van der Waals surface area contributed by atoms with Crippen molar-refractivity contribution < 1.29 is 28.4 Å². The van der Waals surface area contributed by atoms with Gasteiger partial charge in [-0.2, -0.15) is 0 Å². The van der Waals surface area contributed by atoms with Gasteiger partial charge in [-0.3, -0.25) is 0 Å². The quantitative estimate of drug-likeness (QED) is 0.270. The fourth-order valence-corrected chi connectivity index (χ4v) is 4.12. The molecule has 2 N–H and O–H groups in total. The van der Waals surface area contributed by atoms with Crippen LogP contribution in [-0.4, -0.2) is 58.6 Å². The molecule has 0 radical (unpaired) electrons. The van der Waals surface area contributed by atoms with Gasteiger partial charge in [-0.15, -0.1) is 0 Å². The van der Waals surface area contributed by atoms with E-state index in [4.69, 9.17) is 34.2 Å². The van der Waals surface area contributed by atoms with E-state index < -0.39 is 0 Å². The highest BCUT2D eigenvalue weighted by molar-refractivity contribution is 5.14. The molecule has 1 fully saturated rings. The van der Waals surface area contributed by atoms with Crippen molar-refractivity contribution >= 4 is 0 Å². The maximum Gasteiger partial charge on any atom is 0.160 e. The topological polar surface area (TPSA) is 81.4 Å². The maximum atomic E-state index is 6.18. The van der Waals surface area contributed by atoms with Crippen molar-refractivity contribution in [2.24, 2.45) is 5.73 Å². The summed E-state index contributed by atoms with van der Waals surface area (Å²) in [5.74, 6) is 0. The molecule has 7 nitrogen and oxygen atoms in total. The lowest BCUT2D eigenvalue weighted by atomic mass is 10.1. The van der Waals surface area contributed by atoms with E-state index in [-0.39, 0.29) is 18.5 Å². The number of nitrogens with two attached hydrogens (primary N) is 1. The Morgan fingerprint density at radius 1 is 0.667 bits per heavy atom. The zero-order valence-corrected chi connectivity index (χ0v) is 23.0. The second kappa shape index (κ2) is 19.4. The SMILES string of the molecule is COCc1ccccc1.NCCOCCOC1CC(OCc2ccccc2)CC(COCc2ccccc2)O1. The molecule has 0 aliphatic carbocycles. The number of ether oxygens (including phenoxy) is 6. The lowest BCUT2D eigenvalue weighted by Crippen LogP contribution is -2.41. The Bertz CT molecular complexity index is 976. The number of benzene rings is 3. The Kier molecular flexibility index (Phi) is 15.4. The van der Waals surface area contributed by atoms with Crippen LogP contribution >= 0.6 is 0 Å². The summed E-state index contributed by atoms with van der Waals surface area (Å²) in [6.07, 6.45) is 1.13. The normalized spacial score (nSPS) is 18.8. The van der Waals surface area contributed by atoms with E-state index in [1.54, 1.807) is 7.11 Å². The summed E-state index contributed by atoms with van der Waals surface area (Å²) < 4.78 is 34.4. The van der Waals surface area contributed by atoms with Gasteiger partial charge in [0.2, 0.25) is 0 Å². The smallest absolute Gasteiger partial charge is 0.160 e. The van der Waals surface area contributed by atoms with Gasteiger partial charge >= 0.3 is 0 Å². The lowest BCUT2D eigenvalue weighted by molar-refractivity contribution is -0.235. The van der Waals surface area contributed by atoms with Gasteiger partial charge in [0.15, 0.2) is 6.29 Å². The van der Waals surface area contributed by atoms with Gasteiger partial charge in [0.05, 0.1) is 58.5 Å². The second-order valence-corrected chi connectivity index (χ2v) is 9.27. The van der Waals surface area contributed by atoms with Gasteiger partial charge in [-0.1, -0.05) is 91.0 Å². The molecule has 39 heavy (non-hydrogen) atoms. The summed E-state index contributed by atoms with van der Waals surface area (Å²) in [6.45, 7) is 4.37. The monoisotopic (exact) mass is 537 g/mol. The first-order valence-electron chi connectivity index (χ1n) is 13.6. The predicted octanol–water partition coefficient (Wildman–Crippen LogP) is 5.12. The molecule has 1 saturated heterocycles. The molecule has 0 bridgehead atoms. The molecule has 0 amide bonds. The molecule has 1 aliphatic heterocycles. The van der Waals surface area contributed by atoms with E-state index in [1.165, 1.54) is 5.56 Å². The van der Waals surface area contributed by atoms with Crippen LogP contribution in [0, 0.1) is 0 Å². The van der Waals surface area contributed by atoms with E-state index in [0.29, 0.717) is 59.2 Å². The minimum Gasteiger partial charge on any atom is -0.380 e. The second-order valence-electron chi connectivity index (χ2n) is 9.27. The minimum atomic E-state index is -0.327. The van der Waals surface area contributed by atoms with E-state index in [2.05, 4.69) is 24.3 Å². The third-order valence-corrected chi connectivity index (χ3v) is 6.02. The first-order chi connectivity index (χ1) is 19.3. The van der Waals surface area contributed by atoms with E-state index in [0.717, 1.165) is 17.5 Å². The zero-order valence-electron chi connectivity index (χ0n) is 23.0. The summed E-state index contributed by atoms with van der Waals surface area (Å²) in [6, 6.07) is 30.4. The van der Waals surface area contributed by atoms with Crippen LogP contribution in [-0.2, 0) is 48.2 Å². The Hall–Kier alpha value is -2.62. The molecule has 1 aliphatic rings. The lowest BCUT2D eigenvalue weighted by Gasteiger charge is -2.35. The summed E-state index contributed by atoms with van der Waals surface area (Å²) in [5, 5.41) is 0. The zero-order chi connectivity index (χ0) is 27.4. The fourth-order valence-electron chi connectivity index (χ4n) is 4.12. The third kappa shape index (κ3) is 13.3. The van der Waals surface area contributed by atoms with Gasteiger partial charge in [0.1, 0.15) is 0 Å². The maximum absolute atomic E-state index is 6.18. The van der Waals surface area contributed by atoms with Gasteiger partial charge in [-0.05, 0) is 16.7 Å². The molecule has 3 aromatic carbocycles. The van der Waals surface area contributed by atoms with Crippen LogP contribution in [0.2, 0.25) is 0 Å². The Morgan fingerprint density at radius 3 is 1.85 bits per heavy atom. The molecule has 3 aromatic rings. The number of hydrogen-bond donors (Lipinski definition) is 1. The van der Waals surface area contributed by atoms with E-state index >= 15 is 0 Å². The minimum absolute atomic E-state index is 0.0549. The average molecular weight is 538 g/mol. The summed E-state index contributed by atoms with van der Waals surface area (Å²) in [7, 11) is 1.70. The predicted molar refractivity (Wildman–Crippen MR) is 152 cm³/mol. The Morgan fingerprint density at radius 2 is 1.26 bits per heavy atom. The highest BCUT2D eigenvalue weighted by Gasteiger charge is 2.31. The van der Waals surface area contributed by atoms with E-state index in [1.807, 2.05) is 66.7 Å². The average Bonchev–Trinajstić information content (AvgIpc) is 2.98. The molecule has 0 aromatic heterocycles. The molecule has 4 rings (SSSR count). The van der Waals surface area contributed by atoms with Gasteiger partial charge in [0.25, 0.3) is 0 Å². The summed E-state index contributed by atoms with van der Waals surface area (Å²) in [5.41, 5.74) is 8.97. The van der Waals surface area contributed by atoms with E-state index in [9.17, 15) is 0 Å². The van der Waals surface area contributed by atoms with Crippen LogP contribution in [0.5, 0.6) is 0 Å². The fraction of sp³-hybridized carbons (Fsp3) is 0.438. The molecule has 0 saturated carbocycles. The largest absolute Gasteiger partial charge is 0.380 e. The molecule has 7 heteroatoms. The highest BCUT2D eigenvalue weighted by atomic mass is 16.7. The van der Waals surface area contributed by atoms with Crippen molar-refractivity contribution in [1.29, 1.82) is 0 Å². The van der Waals surface area contributed by atoms with Crippen molar-refractivity contribution in [2.45, 2.75) is 51.2 Å².